The summed E-state index contributed by atoms with van der Waals surface area (Å²) in [6, 6.07) is 0.290. The fourth-order valence-corrected chi connectivity index (χ4v) is 4.35. The number of nitrogens with one attached hydrogen (secondary N) is 1. The number of hydrogen-bond donors (Lipinski definition) is 1. The van der Waals surface area contributed by atoms with Gasteiger partial charge in [-0.3, -0.25) is 9.48 Å². The molecule has 1 heterocycles. The zero-order valence-corrected chi connectivity index (χ0v) is 13.7. The Labute approximate surface area is 128 Å². The minimum atomic E-state index is 0.0651. The lowest BCUT2D eigenvalue weighted by Crippen LogP contribution is -2.41. The number of nitrogens with zero attached hydrogens (tertiary/aromatic N) is 2. The number of rotatable bonds is 4. The van der Waals surface area contributed by atoms with Gasteiger partial charge in [0.2, 0.25) is 5.91 Å². The van der Waals surface area contributed by atoms with Crippen LogP contribution in [0, 0.1) is 24.7 Å². The summed E-state index contributed by atoms with van der Waals surface area (Å²) in [6.45, 7) is 4.39. The van der Waals surface area contributed by atoms with Crippen LogP contribution in [0.1, 0.15) is 38.3 Å². The van der Waals surface area contributed by atoms with Crippen molar-refractivity contribution in [1.29, 1.82) is 0 Å². The third-order valence-electron chi connectivity index (χ3n) is 5.02. The highest BCUT2D eigenvalue weighted by atomic mass is 79.9. The van der Waals surface area contributed by atoms with Crippen LogP contribution < -0.4 is 5.32 Å². The number of hydrogen-bond acceptors (Lipinski definition) is 2. The number of amides is 1. The lowest BCUT2D eigenvalue weighted by Gasteiger charge is -2.28. The molecule has 0 saturated heterocycles. The minimum absolute atomic E-state index is 0.0651. The highest BCUT2D eigenvalue weighted by Crippen LogP contribution is 2.49. The van der Waals surface area contributed by atoms with Gasteiger partial charge in [0.15, 0.2) is 0 Å². The van der Waals surface area contributed by atoms with E-state index >= 15 is 0 Å². The summed E-state index contributed by atoms with van der Waals surface area (Å²) in [6.07, 6.45) is 7.31. The Hall–Kier alpha value is -0.840. The molecule has 2 aliphatic rings. The predicted octanol–water partition coefficient (Wildman–Crippen LogP) is 2.89. The number of carbonyl (C=O) groups excluding carboxylic acids is 1. The van der Waals surface area contributed by atoms with Crippen molar-refractivity contribution in [2.75, 3.05) is 0 Å². The van der Waals surface area contributed by atoms with Crippen molar-refractivity contribution in [1.82, 2.24) is 15.1 Å². The molecule has 1 aromatic rings. The SMILES string of the molecule is Cc1nn(CC(=O)NC(C)C2CC3CCC2C3)cc1Br. The average Bonchev–Trinajstić information content (AvgIpc) is 3.06. The molecule has 1 N–H and O–H groups in total. The van der Waals surface area contributed by atoms with Gasteiger partial charge in [-0.2, -0.15) is 5.10 Å². The second-order valence-electron chi connectivity index (χ2n) is 6.45. The van der Waals surface area contributed by atoms with Crippen molar-refractivity contribution in [2.45, 2.75) is 52.1 Å². The van der Waals surface area contributed by atoms with Crippen molar-refractivity contribution in [3.05, 3.63) is 16.4 Å². The Kier molecular flexibility index (Phi) is 3.89. The van der Waals surface area contributed by atoms with Crippen molar-refractivity contribution in [2.24, 2.45) is 17.8 Å². The Bertz CT molecular complexity index is 494. The highest BCUT2D eigenvalue weighted by Gasteiger charge is 2.42. The standard InChI is InChI=1S/C15H22BrN3O/c1-9(13-6-11-3-4-12(13)5-11)17-15(20)8-19-7-14(16)10(2)18-19/h7,9,11-13H,3-6,8H2,1-2H3,(H,17,20). The van der Waals surface area contributed by atoms with E-state index in [0.717, 1.165) is 22.0 Å². The third-order valence-corrected chi connectivity index (χ3v) is 5.79. The summed E-state index contributed by atoms with van der Waals surface area (Å²) in [5.74, 6) is 2.52. The third kappa shape index (κ3) is 2.78. The molecule has 1 amide bonds. The number of aromatic nitrogens is 2. The summed E-state index contributed by atoms with van der Waals surface area (Å²) in [7, 11) is 0. The maximum atomic E-state index is 12.1. The van der Waals surface area contributed by atoms with E-state index in [-0.39, 0.29) is 11.9 Å². The van der Waals surface area contributed by atoms with Crippen LogP contribution >= 0.6 is 15.9 Å². The quantitative estimate of drug-likeness (QED) is 0.916. The zero-order valence-electron chi connectivity index (χ0n) is 12.1. The van der Waals surface area contributed by atoms with Gasteiger partial charge in [-0.25, -0.2) is 0 Å². The van der Waals surface area contributed by atoms with Gasteiger partial charge in [0.05, 0.1) is 10.2 Å². The monoisotopic (exact) mass is 339 g/mol. The van der Waals surface area contributed by atoms with Crippen LogP contribution in [-0.2, 0) is 11.3 Å². The van der Waals surface area contributed by atoms with Crippen LogP contribution in [0.2, 0.25) is 0 Å². The van der Waals surface area contributed by atoms with Gasteiger partial charge in [0.25, 0.3) is 0 Å². The molecule has 0 radical (unpaired) electrons. The van der Waals surface area contributed by atoms with Gasteiger partial charge in [-0.15, -0.1) is 0 Å². The molecule has 20 heavy (non-hydrogen) atoms. The van der Waals surface area contributed by atoms with Gasteiger partial charge < -0.3 is 5.32 Å². The Morgan fingerprint density at radius 2 is 2.35 bits per heavy atom. The molecule has 4 unspecified atom stereocenters. The van der Waals surface area contributed by atoms with E-state index in [2.05, 4.69) is 33.3 Å². The maximum Gasteiger partial charge on any atom is 0.241 e. The van der Waals surface area contributed by atoms with Crippen molar-refractivity contribution in [3.8, 4) is 0 Å². The molecular weight excluding hydrogens is 318 g/mol. The van der Waals surface area contributed by atoms with Crippen LogP contribution in [0.15, 0.2) is 10.7 Å². The van der Waals surface area contributed by atoms with Gasteiger partial charge in [0.1, 0.15) is 6.54 Å². The summed E-state index contributed by atoms with van der Waals surface area (Å²) in [5, 5.41) is 7.47. The second-order valence-corrected chi connectivity index (χ2v) is 7.31. The first kappa shape index (κ1) is 14.1. The molecule has 0 aliphatic heterocycles. The molecule has 2 bridgehead atoms. The van der Waals surface area contributed by atoms with Crippen LogP contribution in [0.4, 0.5) is 0 Å². The average molecular weight is 340 g/mol. The van der Waals surface area contributed by atoms with Crippen molar-refractivity contribution in [3.63, 3.8) is 0 Å². The molecule has 110 valence electrons. The molecule has 0 spiro atoms. The topological polar surface area (TPSA) is 46.9 Å². The van der Waals surface area contributed by atoms with Crippen LogP contribution in [0.3, 0.4) is 0 Å². The first-order valence-electron chi connectivity index (χ1n) is 7.52. The van der Waals surface area contributed by atoms with E-state index < -0.39 is 0 Å². The molecule has 2 fully saturated rings. The van der Waals surface area contributed by atoms with Gasteiger partial charge in [0, 0.05) is 12.2 Å². The molecule has 4 atom stereocenters. The number of fused-ring (bicyclic) bond motifs is 2. The Balaban J connectivity index is 1.53. The maximum absolute atomic E-state index is 12.1. The largest absolute Gasteiger partial charge is 0.352 e. The Morgan fingerprint density at radius 3 is 2.90 bits per heavy atom. The fourth-order valence-electron chi connectivity index (χ4n) is 4.03. The second kappa shape index (κ2) is 5.51. The predicted molar refractivity (Wildman–Crippen MR) is 81.2 cm³/mol. The number of carbonyl (C=O) groups is 1. The van der Waals surface area contributed by atoms with Crippen LogP contribution in [0.5, 0.6) is 0 Å². The summed E-state index contributed by atoms with van der Waals surface area (Å²) in [4.78, 5) is 12.1. The fraction of sp³-hybridized carbons (Fsp3) is 0.733. The Morgan fingerprint density at radius 1 is 1.55 bits per heavy atom. The number of aryl methyl sites for hydroxylation is 1. The molecular formula is C15H22BrN3O. The van der Waals surface area contributed by atoms with Gasteiger partial charge in [-0.1, -0.05) is 6.42 Å². The van der Waals surface area contributed by atoms with E-state index in [9.17, 15) is 4.79 Å². The van der Waals surface area contributed by atoms with Gasteiger partial charge in [-0.05, 0) is 66.8 Å². The summed E-state index contributed by atoms with van der Waals surface area (Å²) in [5.41, 5.74) is 0.916. The summed E-state index contributed by atoms with van der Waals surface area (Å²) < 4.78 is 2.65. The number of halogens is 1. The first-order valence-corrected chi connectivity index (χ1v) is 8.31. The summed E-state index contributed by atoms with van der Waals surface area (Å²) >= 11 is 3.42. The van der Waals surface area contributed by atoms with E-state index in [1.54, 1.807) is 4.68 Å². The van der Waals surface area contributed by atoms with Gasteiger partial charge >= 0.3 is 0 Å². The van der Waals surface area contributed by atoms with Crippen LogP contribution in [-0.4, -0.2) is 21.7 Å². The zero-order chi connectivity index (χ0) is 14.3. The smallest absolute Gasteiger partial charge is 0.241 e. The van der Waals surface area contributed by atoms with E-state index in [0.29, 0.717) is 12.5 Å². The molecule has 4 nitrogen and oxygen atoms in total. The molecule has 2 saturated carbocycles. The molecule has 2 aliphatic carbocycles. The van der Waals surface area contributed by atoms with Crippen molar-refractivity contribution >= 4 is 21.8 Å². The molecule has 1 aromatic heterocycles. The lowest BCUT2D eigenvalue weighted by molar-refractivity contribution is -0.122. The molecule has 5 heteroatoms. The first-order chi connectivity index (χ1) is 9.52. The molecule has 0 aromatic carbocycles. The normalized spacial score (nSPS) is 29.6. The molecule has 3 rings (SSSR count). The lowest BCUT2D eigenvalue weighted by atomic mass is 9.84. The van der Waals surface area contributed by atoms with E-state index in [1.807, 2.05) is 13.1 Å². The minimum Gasteiger partial charge on any atom is -0.352 e. The van der Waals surface area contributed by atoms with E-state index in [1.165, 1.54) is 25.7 Å². The van der Waals surface area contributed by atoms with Crippen molar-refractivity contribution < 1.29 is 4.79 Å². The highest BCUT2D eigenvalue weighted by molar-refractivity contribution is 9.10. The van der Waals surface area contributed by atoms with Crippen LogP contribution in [0.25, 0.3) is 0 Å². The van der Waals surface area contributed by atoms with E-state index in [4.69, 9.17) is 0 Å².